The highest BCUT2D eigenvalue weighted by Crippen LogP contribution is 2.30. The van der Waals surface area contributed by atoms with Gasteiger partial charge in [-0.1, -0.05) is 5.21 Å². The molecule has 10 nitrogen and oxygen atoms in total. The van der Waals surface area contributed by atoms with E-state index < -0.39 is 24.1 Å². The summed E-state index contributed by atoms with van der Waals surface area (Å²) in [5, 5.41) is 11.0. The standard InChI is InChI=1S/C22H19F2N9OS/c1-11-5-28-22(35-11)18-8-27-20-16(33-17(19(23)24)9-29-31-33)4-14(10-32(18)20)21(34)30-12(2)15-6-25-13(3)26-7-15/h4-10,12,19H,1-3H3,(H,30,34)/t12-/m1/s1. The molecule has 5 aromatic rings. The van der Waals surface area contributed by atoms with Crippen molar-refractivity contribution < 1.29 is 13.6 Å². The molecule has 0 saturated heterocycles. The molecule has 0 aromatic carbocycles. The number of nitrogens with one attached hydrogen (secondary N) is 1. The SMILES string of the molecule is Cc1ncc([C@@H](C)NC(=O)c2cc(-n3nncc3C(F)F)c3ncc(-c4ncc(C)s4)n3c2)cn1. The fourth-order valence-electron chi connectivity index (χ4n) is 3.55. The van der Waals surface area contributed by atoms with Crippen LogP contribution in [-0.2, 0) is 0 Å². The molecule has 0 saturated carbocycles. The van der Waals surface area contributed by atoms with E-state index in [9.17, 15) is 13.6 Å². The number of rotatable bonds is 6. The Bertz CT molecular complexity index is 1520. The van der Waals surface area contributed by atoms with Crippen molar-refractivity contribution in [3.63, 3.8) is 0 Å². The summed E-state index contributed by atoms with van der Waals surface area (Å²) in [6.07, 6.45) is 6.38. The number of alkyl halides is 2. The second-order valence-corrected chi connectivity index (χ2v) is 9.09. The first-order chi connectivity index (χ1) is 16.8. The molecule has 13 heteroatoms. The average Bonchev–Trinajstić information content (AvgIpc) is 3.58. The quantitative estimate of drug-likeness (QED) is 0.380. The molecule has 0 radical (unpaired) electrons. The van der Waals surface area contributed by atoms with Crippen molar-refractivity contribution in [3.05, 3.63) is 70.8 Å². The van der Waals surface area contributed by atoms with Crippen molar-refractivity contribution in [2.75, 3.05) is 0 Å². The summed E-state index contributed by atoms with van der Waals surface area (Å²) >= 11 is 1.45. The van der Waals surface area contributed by atoms with E-state index in [0.717, 1.165) is 21.3 Å². The Morgan fingerprint density at radius 2 is 1.83 bits per heavy atom. The van der Waals surface area contributed by atoms with Gasteiger partial charge in [-0.05, 0) is 26.8 Å². The number of carbonyl (C=O) groups excluding carboxylic acids is 1. The minimum atomic E-state index is -2.82. The molecule has 5 heterocycles. The van der Waals surface area contributed by atoms with Crippen LogP contribution in [-0.4, -0.2) is 45.2 Å². The third kappa shape index (κ3) is 4.25. The highest BCUT2D eigenvalue weighted by molar-refractivity contribution is 7.14. The van der Waals surface area contributed by atoms with Crippen molar-refractivity contribution in [2.45, 2.75) is 33.2 Å². The highest BCUT2D eigenvalue weighted by Gasteiger charge is 2.23. The molecular weight excluding hydrogens is 476 g/mol. The largest absolute Gasteiger partial charge is 0.345 e. The van der Waals surface area contributed by atoms with Gasteiger partial charge in [-0.15, -0.1) is 16.4 Å². The first kappa shape index (κ1) is 22.7. The van der Waals surface area contributed by atoms with E-state index in [2.05, 4.69) is 35.6 Å². The number of hydrogen-bond donors (Lipinski definition) is 1. The molecule has 5 aromatic heterocycles. The fraction of sp³-hybridized carbons (Fsp3) is 0.227. The van der Waals surface area contributed by atoms with E-state index in [-0.39, 0.29) is 11.3 Å². The van der Waals surface area contributed by atoms with Crippen LogP contribution in [0.5, 0.6) is 0 Å². The Morgan fingerprint density at radius 1 is 1.06 bits per heavy atom. The average molecular weight is 496 g/mol. The van der Waals surface area contributed by atoms with Crippen LogP contribution in [0, 0.1) is 13.8 Å². The van der Waals surface area contributed by atoms with Gasteiger partial charge in [-0.2, -0.15) is 0 Å². The molecular formula is C22H19F2N9OS. The third-order valence-electron chi connectivity index (χ3n) is 5.36. The second kappa shape index (κ2) is 8.91. The number of thiazole rings is 1. The Hall–Kier alpha value is -4.13. The number of fused-ring (bicyclic) bond motifs is 1. The second-order valence-electron chi connectivity index (χ2n) is 7.86. The van der Waals surface area contributed by atoms with Gasteiger partial charge in [0.15, 0.2) is 5.65 Å². The lowest BCUT2D eigenvalue weighted by atomic mass is 10.1. The van der Waals surface area contributed by atoms with Crippen molar-refractivity contribution in [3.8, 4) is 16.4 Å². The predicted molar refractivity (Wildman–Crippen MR) is 124 cm³/mol. The first-order valence-corrected chi connectivity index (χ1v) is 11.4. The maximum absolute atomic E-state index is 13.6. The highest BCUT2D eigenvalue weighted by atomic mass is 32.1. The lowest BCUT2D eigenvalue weighted by molar-refractivity contribution is 0.0939. The molecule has 1 amide bonds. The maximum Gasteiger partial charge on any atom is 0.282 e. The Labute approximate surface area is 201 Å². The monoisotopic (exact) mass is 495 g/mol. The van der Waals surface area contributed by atoms with Gasteiger partial charge in [-0.25, -0.2) is 33.4 Å². The zero-order valence-electron chi connectivity index (χ0n) is 18.8. The van der Waals surface area contributed by atoms with Crippen LogP contribution in [0.3, 0.4) is 0 Å². The van der Waals surface area contributed by atoms with E-state index in [1.807, 2.05) is 6.92 Å². The lowest BCUT2D eigenvalue weighted by Gasteiger charge is -2.15. The molecule has 0 aliphatic rings. The van der Waals surface area contributed by atoms with Gasteiger partial charge in [-0.3, -0.25) is 9.20 Å². The van der Waals surface area contributed by atoms with E-state index in [1.165, 1.54) is 17.4 Å². The first-order valence-electron chi connectivity index (χ1n) is 10.5. The molecule has 0 spiro atoms. The number of imidazole rings is 1. The molecule has 1 atom stereocenters. The molecule has 0 bridgehead atoms. The van der Waals surface area contributed by atoms with Crippen molar-refractivity contribution in [2.24, 2.45) is 0 Å². The van der Waals surface area contributed by atoms with E-state index in [0.29, 0.717) is 22.2 Å². The van der Waals surface area contributed by atoms with E-state index >= 15 is 0 Å². The third-order valence-corrected chi connectivity index (χ3v) is 6.30. The van der Waals surface area contributed by atoms with Gasteiger partial charge >= 0.3 is 0 Å². The summed E-state index contributed by atoms with van der Waals surface area (Å²) in [6, 6.07) is 1.07. The van der Waals surface area contributed by atoms with Crippen LogP contribution in [0.2, 0.25) is 0 Å². The van der Waals surface area contributed by atoms with Gasteiger partial charge in [0, 0.05) is 35.2 Å². The number of pyridine rings is 1. The zero-order valence-corrected chi connectivity index (χ0v) is 19.7. The normalized spacial score (nSPS) is 12.4. The number of amides is 1. The van der Waals surface area contributed by atoms with Gasteiger partial charge in [0.25, 0.3) is 12.3 Å². The Morgan fingerprint density at radius 3 is 2.51 bits per heavy atom. The summed E-state index contributed by atoms with van der Waals surface area (Å²) in [5.41, 5.74) is 1.67. The minimum Gasteiger partial charge on any atom is -0.345 e. The Kier molecular flexibility index (Phi) is 5.76. The summed E-state index contributed by atoms with van der Waals surface area (Å²) < 4.78 is 29.9. The molecule has 178 valence electrons. The summed E-state index contributed by atoms with van der Waals surface area (Å²) in [5.74, 6) is 0.199. The number of nitrogens with zero attached hydrogens (tertiary/aromatic N) is 8. The fourth-order valence-corrected chi connectivity index (χ4v) is 4.32. The van der Waals surface area contributed by atoms with Crippen LogP contribution >= 0.6 is 11.3 Å². The topological polar surface area (TPSA) is 116 Å². The number of aromatic nitrogens is 8. The molecule has 1 N–H and O–H groups in total. The number of carbonyl (C=O) groups is 1. The number of halogens is 2. The van der Waals surface area contributed by atoms with Gasteiger partial charge in [0.1, 0.15) is 27.9 Å². The molecule has 0 unspecified atom stereocenters. The van der Waals surface area contributed by atoms with Crippen LogP contribution in [0.15, 0.2) is 43.2 Å². The zero-order chi connectivity index (χ0) is 24.7. The Balaban J connectivity index is 1.62. The van der Waals surface area contributed by atoms with Crippen molar-refractivity contribution in [1.82, 2.24) is 44.6 Å². The number of aryl methyl sites for hydroxylation is 2. The van der Waals surface area contributed by atoms with Crippen molar-refractivity contribution >= 4 is 22.9 Å². The molecule has 0 aliphatic heterocycles. The molecule has 0 aliphatic carbocycles. The van der Waals surface area contributed by atoms with E-state index in [4.69, 9.17) is 0 Å². The summed E-state index contributed by atoms with van der Waals surface area (Å²) in [4.78, 5) is 31.4. The number of hydrogen-bond acceptors (Lipinski definition) is 8. The summed E-state index contributed by atoms with van der Waals surface area (Å²) in [6.45, 7) is 5.50. The maximum atomic E-state index is 13.6. The van der Waals surface area contributed by atoms with Gasteiger partial charge < -0.3 is 5.32 Å². The molecule has 0 fully saturated rings. The van der Waals surface area contributed by atoms with Gasteiger partial charge in [0.2, 0.25) is 0 Å². The van der Waals surface area contributed by atoms with E-state index in [1.54, 1.807) is 49.2 Å². The minimum absolute atomic E-state index is 0.191. The van der Waals surface area contributed by atoms with Crippen LogP contribution in [0.25, 0.3) is 22.0 Å². The lowest BCUT2D eigenvalue weighted by Crippen LogP contribution is -2.27. The van der Waals surface area contributed by atoms with Crippen LogP contribution in [0.4, 0.5) is 8.78 Å². The molecule has 35 heavy (non-hydrogen) atoms. The smallest absolute Gasteiger partial charge is 0.282 e. The summed E-state index contributed by atoms with van der Waals surface area (Å²) in [7, 11) is 0. The van der Waals surface area contributed by atoms with Crippen LogP contribution < -0.4 is 5.32 Å². The predicted octanol–water partition coefficient (Wildman–Crippen LogP) is 3.87. The molecule has 5 rings (SSSR count). The van der Waals surface area contributed by atoms with Crippen LogP contribution in [0.1, 0.15) is 51.7 Å². The van der Waals surface area contributed by atoms with Crippen molar-refractivity contribution in [1.29, 1.82) is 0 Å². The van der Waals surface area contributed by atoms with Gasteiger partial charge in [0.05, 0.1) is 24.0 Å².